The smallest absolute Gasteiger partial charge is 0.0104 e. The molecule has 1 nitrogen and oxygen atoms in total. The summed E-state index contributed by atoms with van der Waals surface area (Å²) in [6, 6.07) is 0.509. The van der Waals surface area contributed by atoms with Crippen molar-refractivity contribution in [2.45, 2.75) is 51.5 Å². The molecule has 15 heavy (non-hydrogen) atoms. The summed E-state index contributed by atoms with van der Waals surface area (Å²) in [5, 5.41) is 0. The second-order valence-corrected chi connectivity index (χ2v) is 6.55. The average molecular weight is 227 g/mol. The van der Waals surface area contributed by atoms with E-state index >= 15 is 0 Å². The van der Waals surface area contributed by atoms with Gasteiger partial charge in [-0.15, -0.1) is 0 Å². The van der Waals surface area contributed by atoms with Gasteiger partial charge in [0.25, 0.3) is 0 Å². The Hall–Kier alpha value is 0.310. The molecule has 0 amide bonds. The van der Waals surface area contributed by atoms with E-state index in [1.165, 1.54) is 50.0 Å². The van der Waals surface area contributed by atoms with Gasteiger partial charge >= 0.3 is 0 Å². The largest absolute Gasteiger partial charge is 0.327 e. The first-order valence-corrected chi connectivity index (χ1v) is 7.80. The average Bonchev–Trinajstić information content (AvgIpc) is 2.81. The predicted molar refractivity (Wildman–Crippen MR) is 69.1 cm³/mol. The Balaban J connectivity index is 1.85. The monoisotopic (exact) mass is 227 g/mol. The topological polar surface area (TPSA) is 26.0 Å². The van der Waals surface area contributed by atoms with Crippen LogP contribution in [0.25, 0.3) is 0 Å². The van der Waals surface area contributed by atoms with Crippen LogP contribution in [0.5, 0.6) is 0 Å². The van der Waals surface area contributed by atoms with Crippen molar-refractivity contribution in [1.82, 2.24) is 0 Å². The van der Waals surface area contributed by atoms with Gasteiger partial charge in [-0.05, 0) is 48.5 Å². The van der Waals surface area contributed by atoms with Gasteiger partial charge in [-0.1, -0.05) is 26.2 Å². The van der Waals surface area contributed by atoms with Crippen LogP contribution in [-0.4, -0.2) is 17.5 Å². The maximum Gasteiger partial charge on any atom is 0.0104 e. The normalized spacial score (nSPS) is 39.2. The molecule has 1 saturated heterocycles. The van der Waals surface area contributed by atoms with Gasteiger partial charge in [0.15, 0.2) is 0 Å². The molecule has 2 fully saturated rings. The molecule has 2 N–H and O–H groups in total. The molecule has 1 aliphatic carbocycles. The second-order valence-electron chi connectivity index (χ2n) is 5.40. The Bertz CT molecular complexity index is 189. The molecule has 4 unspecified atom stereocenters. The minimum atomic E-state index is 0.509. The first-order valence-electron chi connectivity index (χ1n) is 6.64. The van der Waals surface area contributed by atoms with E-state index in [2.05, 4.69) is 18.7 Å². The van der Waals surface area contributed by atoms with Crippen molar-refractivity contribution >= 4 is 11.8 Å². The summed E-state index contributed by atoms with van der Waals surface area (Å²) in [7, 11) is 0. The van der Waals surface area contributed by atoms with Crippen LogP contribution < -0.4 is 5.73 Å². The molecule has 1 heterocycles. The molecule has 88 valence electrons. The van der Waals surface area contributed by atoms with Crippen molar-refractivity contribution < 1.29 is 0 Å². The Kier molecular flexibility index (Phi) is 4.39. The minimum Gasteiger partial charge on any atom is -0.327 e. The summed E-state index contributed by atoms with van der Waals surface area (Å²) in [4.78, 5) is 0. The fraction of sp³-hybridized carbons (Fsp3) is 1.00. The van der Waals surface area contributed by atoms with Crippen LogP contribution in [0.1, 0.15) is 45.4 Å². The zero-order valence-corrected chi connectivity index (χ0v) is 10.8. The number of hydrogen-bond acceptors (Lipinski definition) is 2. The molecule has 2 heteroatoms. The predicted octanol–water partition coefficient (Wildman–Crippen LogP) is 3.28. The Morgan fingerprint density at radius 3 is 2.80 bits per heavy atom. The lowest BCUT2D eigenvalue weighted by atomic mass is 9.74. The van der Waals surface area contributed by atoms with Crippen LogP contribution in [0.3, 0.4) is 0 Å². The van der Waals surface area contributed by atoms with E-state index in [1.807, 2.05) is 0 Å². The fourth-order valence-electron chi connectivity index (χ4n) is 3.29. The van der Waals surface area contributed by atoms with Gasteiger partial charge in [-0.3, -0.25) is 0 Å². The van der Waals surface area contributed by atoms with E-state index < -0.39 is 0 Å². The number of rotatable bonds is 3. The van der Waals surface area contributed by atoms with E-state index in [1.54, 1.807) is 0 Å². The SMILES string of the molecule is CCC1CCCC(C(N)C2CCSC2)C1. The maximum atomic E-state index is 6.46. The molecule has 0 radical (unpaired) electrons. The summed E-state index contributed by atoms with van der Waals surface area (Å²) in [5.74, 6) is 5.32. The van der Waals surface area contributed by atoms with E-state index in [9.17, 15) is 0 Å². The lowest BCUT2D eigenvalue weighted by Crippen LogP contribution is -2.40. The molecule has 0 spiro atoms. The third-order valence-corrected chi connectivity index (χ3v) is 5.64. The molecule has 0 aromatic carbocycles. The summed E-state index contributed by atoms with van der Waals surface area (Å²) < 4.78 is 0. The molecule has 0 aromatic rings. The summed E-state index contributed by atoms with van der Waals surface area (Å²) in [5.41, 5.74) is 6.46. The van der Waals surface area contributed by atoms with Crippen LogP contribution in [0.2, 0.25) is 0 Å². The zero-order valence-electron chi connectivity index (χ0n) is 9.95. The third kappa shape index (κ3) is 2.91. The van der Waals surface area contributed by atoms with Crippen LogP contribution in [0.15, 0.2) is 0 Å². The van der Waals surface area contributed by atoms with Gasteiger partial charge in [0.05, 0.1) is 0 Å². The zero-order chi connectivity index (χ0) is 10.7. The molecular formula is C13H25NS. The van der Waals surface area contributed by atoms with E-state index in [0.717, 1.165) is 17.8 Å². The Labute approximate surface area is 98.6 Å². The Morgan fingerprint density at radius 1 is 1.27 bits per heavy atom. The first kappa shape index (κ1) is 11.8. The molecule has 1 saturated carbocycles. The van der Waals surface area contributed by atoms with Crippen molar-refractivity contribution in [2.24, 2.45) is 23.5 Å². The van der Waals surface area contributed by atoms with Crippen LogP contribution >= 0.6 is 11.8 Å². The highest BCUT2D eigenvalue weighted by molar-refractivity contribution is 7.99. The maximum absolute atomic E-state index is 6.46. The number of thioether (sulfide) groups is 1. The molecule has 0 aromatic heterocycles. The first-order chi connectivity index (χ1) is 7.31. The summed E-state index contributed by atoms with van der Waals surface area (Å²) in [6.07, 6.45) is 8.44. The van der Waals surface area contributed by atoms with E-state index in [-0.39, 0.29) is 0 Å². The lowest BCUT2D eigenvalue weighted by molar-refractivity contribution is 0.201. The molecule has 0 bridgehead atoms. The van der Waals surface area contributed by atoms with Gasteiger partial charge in [-0.2, -0.15) is 11.8 Å². The molecule has 1 aliphatic heterocycles. The van der Waals surface area contributed by atoms with E-state index in [0.29, 0.717) is 6.04 Å². The molecular weight excluding hydrogens is 202 g/mol. The van der Waals surface area contributed by atoms with Gasteiger partial charge in [0.2, 0.25) is 0 Å². The fourth-order valence-corrected chi connectivity index (χ4v) is 4.62. The van der Waals surface area contributed by atoms with Gasteiger partial charge < -0.3 is 5.73 Å². The van der Waals surface area contributed by atoms with Crippen molar-refractivity contribution in [2.75, 3.05) is 11.5 Å². The molecule has 2 aliphatic rings. The van der Waals surface area contributed by atoms with Crippen molar-refractivity contribution in [3.63, 3.8) is 0 Å². The summed E-state index contributed by atoms with van der Waals surface area (Å²) >= 11 is 2.10. The van der Waals surface area contributed by atoms with Crippen LogP contribution in [0.4, 0.5) is 0 Å². The minimum absolute atomic E-state index is 0.509. The molecule has 4 atom stereocenters. The van der Waals surface area contributed by atoms with Gasteiger partial charge in [-0.25, -0.2) is 0 Å². The van der Waals surface area contributed by atoms with Crippen molar-refractivity contribution in [3.05, 3.63) is 0 Å². The molecule has 2 rings (SSSR count). The quantitative estimate of drug-likeness (QED) is 0.800. The van der Waals surface area contributed by atoms with Gasteiger partial charge in [0.1, 0.15) is 0 Å². The van der Waals surface area contributed by atoms with Crippen LogP contribution in [0, 0.1) is 17.8 Å². The van der Waals surface area contributed by atoms with Gasteiger partial charge in [0, 0.05) is 6.04 Å². The summed E-state index contributed by atoms with van der Waals surface area (Å²) in [6.45, 7) is 2.34. The Morgan fingerprint density at radius 2 is 2.13 bits per heavy atom. The number of nitrogens with two attached hydrogens (primary N) is 1. The highest BCUT2D eigenvalue weighted by Crippen LogP contribution is 2.37. The number of hydrogen-bond donors (Lipinski definition) is 1. The van der Waals surface area contributed by atoms with Crippen molar-refractivity contribution in [1.29, 1.82) is 0 Å². The third-order valence-electron chi connectivity index (χ3n) is 4.45. The van der Waals surface area contributed by atoms with E-state index in [4.69, 9.17) is 5.73 Å². The van der Waals surface area contributed by atoms with Crippen LogP contribution in [-0.2, 0) is 0 Å². The highest BCUT2D eigenvalue weighted by Gasteiger charge is 2.31. The standard InChI is InChI=1S/C13H25NS/c1-2-10-4-3-5-11(8-10)13(14)12-6-7-15-9-12/h10-13H,2-9,14H2,1H3. The highest BCUT2D eigenvalue weighted by atomic mass is 32.2. The lowest BCUT2D eigenvalue weighted by Gasteiger charge is -2.35. The van der Waals surface area contributed by atoms with Crippen molar-refractivity contribution in [3.8, 4) is 0 Å². The second kappa shape index (κ2) is 5.58.